The summed E-state index contributed by atoms with van der Waals surface area (Å²) in [5.41, 5.74) is 0. The standard InChI is InChI=1S/C12H22N2O2S/c1-4-6-14-11(15)7-10(12(14)16)13-9(5-2)8-17-3/h9-10,13H,4-8H2,1-3H3. The van der Waals surface area contributed by atoms with Gasteiger partial charge in [0.05, 0.1) is 12.5 Å². The molecule has 2 unspecified atom stereocenters. The maximum Gasteiger partial charge on any atom is 0.246 e. The highest BCUT2D eigenvalue weighted by Gasteiger charge is 2.38. The van der Waals surface area contributed by atoms with Gasteiger partial charge in [-0.25, -0.2) is 0 Å². The van der Waals surface area contributed by atoms with Crippen molar-refractivity contribution >= 4 is 23.6 Å². The third-order valence-electron chi connectivity index (χ3n) is 2.99. The highest BCUT2D eigenvalue weighted by Crippen LogP contribution is 2.15. The second kappa shape index (κ2) is 7.01. The van der Waals surface area contributed by atoms with Gasteiger partial charge in [0.25, 0.3) is 0 Å². The molecule has 1 rings (SSSR count). The van der Waals surface area contributed by atoms with Gasteiger partial charge in [-0.05, 0) is 19.1 Å². The van der Waals surface area contributed by atoms with Crippen molar-refractivity contribution in [1.29, 1.82) is 0 Å². The number of imide groups is 1. The predicted molar refractivity (Wildman–Crippen MR) is 71.0 cm³/mol. The fraction of sp³-hybridized carbons (Fsp3) is 0.833. The number of carbonyl (C=O) groups excluding carboxylic acids is 2. The van der Waals surface area contributed by atoms with E-state index in [9.17, 15) is 9.59 Å². The van der Waals surface area contributed by atoms with E-state index in [1.807, 2.05) is 6.92 Å². The molecule has 0 spiro atoms. The molecular weight excluding hydrogens is 236 g/mol. The minimum Gasteiger partial charge on any atom is -0.302 e. The van der Waals surface area contributed by atoms with Crippen LogP contribution < -0.4 is 5.32 Å². The van der Waals surface area contributed by atoms with Gasteiger partial charge in [-0.1, -0.05) is 13.8 Å². The average molecular weight is 258 g/mol. The number of carbonyl (C=O) groups is 2. The molecule has 17 heavy (non-hydrogen) atoms. The highest BCUT2D eigenvalue weighted by molar-refractivity contribution is 7.98. The number of amides is 2. The lowest BCUT2D eigenvalue weighted by Crippen LogP contribution is -2.44. The molecule has 1 N–H and O–H groups in total. The quantitative estimate of drug-likeness (QED) is 0.698. The first-order valence-corrected chi connectivity index (χ1v) is 7.62. The number of hydrogen-bond acceptors (Lipinski definition) is 4. The summed E-state index contributed by atoms with van der Waals surface area (Å²) in [6.45, 7) is 4.62. The van der Waals surface area contributed by atoms with Crippen molar-refractivity contribution < 1.29 is 9.59 Å². The molecule has 0 aromatic heterocycles. The summed E-state index contributed by atoms with van der Waals surface area (Å²) < 4.78 is 0. The third-order valence-corrected chi connectivity index (χ3v) is 3.72. The average Bonchev–Trinajstić information content (AvgIpc) is 2.57. The number of nitrogens with one attached hydrogen (secondary N) is 1. The van der Waals surface area contributed by atoms with Crippen LogP contribution in [0.5, 0.6) is 0 Å². The maximum absolute atomic E-state index is 12.0. The van der Waals surface area contributed by atoms with E-state index in [-0.39, 0.29) is 17.9 Å². The Morgan fingerprint density at radius 1 is 1.47 bits per heavy atom. The van der Waals surface area contributed by atoms with Gasteiger partial charge < -0.3 is 5.32 Å². The number of thioether (sulfide) groups is 1. The molecule has 1 saturated heterocycles. The molecule has 0 bridgehead atoms. The van der Waals surface area contributed by atoms with Gasteiger partial charge in [-0.2, -0.15) is 11.8 Å². The van der Waals surface area contributed by atoms with Crippen molar-refractivity contribution in [1.82, 2.24) is 10.2 Å². The molecule has 0 saturated carbocycles. The smallest absolute Gasteiger partial charge is 0.246 e. The van der Waals surface area contributed by atoms with E-state index >= 15 is 0 Å². The van der Waals surface area contributed by atoms with Crippen molar-refractivity contribution in [3.05, 3.63) is 0 Å². The fourth-order valence-electron chi connectivity index (χ4n) is 2.04. The van der Waals surface area contributed by atoms with E-state index in [4.69, 9.17) is 0 Å². The number of rotatable bonds is 7. The monoisotopic (exact) mass is 258 g/mol. The van der Waals surface area contributed by atoms with Crippen LogP contribution in [0.2, 0.25) is 0 Å². The van der Waals surface area contributed by atoms with E-state index < -0.39 is 0 Å². The zero-order valence-electron chi connectivity index (χ0n) is 10.9. The molecule has 0 aliphatic carbocycles. The van der Waals surface area contributed by atoms with Crippen LogP contribution in [0.3, 0.4) is 0 Å². The van der Waals surface area contributed by atoms with E-state index in [2.05, 4.69) is 18.5 Å². The number of likely N-dealkylation sites (tertiary alicyclic amines) is 1. The molecule has 4 nitrogen and oxygen atoms in total. The summed E-state index contributed by atoms with van der Waals surface area (Å²) in [6.07, 6.45) is 4.18. The van der Waals surface area contributed by atoms with Crippen molar-refractivity contribution in [3.63, 3.8) is 0 Å². The molecular formula is C12H22N2O2S. The molecule has 2 amide bonds. The predicted octanol–water partition coefficient (Wildman–Crippen LogP) is 1.26. The topological polar surface area (TPSA) is 49.4 Å². The lowest BCUT2D eigenvalue weighted by Gasteiger charge is -2.20. The summed E-state index contributed by atoms with van der Waals surface area (Å²) in [6, 6.07) is 0.0134. The van der Waals surface area contributed by atoms with Gasteiger partial charge >= 0.3 is 0 Å². The van der Waals surface area contributed by atoms with Crippen LogP contribution in [-0.2, 0) is 9.59 Å². The largest absolute Gasteiger partial charge is 0.302 e. The Balaban J connectivity index is 2.56. The first kappa shape index (κ1) is 14.5. The van der Waals surface area contributed by atoms with Gasteiger partial charge in [0, 0.05) is 18.3 Å². The van der Waals surface area contributed by atoms with Gasteiger partial charge in [-0.3, -0.25) is 14.5 Å². The van der Waals surface area contributed by atoms with E-state index in [0.29, 0.717) is 19.0 Å². The van der Waals surface area contributed by atoms with E-state index in [1.54, 1.807) is 11.8 Å². The third kappa shape index (κ3) is 3.71. The maximum atomic E-state index is 12.0. The Morgan fingerprint density at radius 2 is 2.18 bits per heavy atom. The van der Waals surface area contributed by atoms with Crippen LogP contribution in [0, 0.1) is 0 Å². The molecule has 5 heteroatoms. The highest BCUT2D eigenvalue weighted by atomic mass is 32.2. The summed E-state index contributed by atoms with van der Waals surface area (Å²) in [5.74, 6) is 0.896. The van der Waals surface area contributed by atoms with Crippen molar-refractivity contribution in [2.24, 2.45) is 0 Å². The lowest BCUT2D eigenvalue weighted by atomic mass is 10.2. The Labute approximate surface area is 108 Å². The normalized spacial score (nSPS) is 22.3. The fourth-order valence-corrected chi connectivity index (χ4v) is 2.78. The van der Waals surface area contributed by atoms with Gasteiger partial charge in [0.2, 0.25) is 11.8 Å². The zero-order valence-corrected chi connectivity index (χ0v) is 11.7. The summed E-state index contributed by atoms with van der Waals surface area (Å²) in [4.78, 5) is 25.1. The van der Waals surface area contributed by atoms with Gasteiger partial charge in [0.1, 0.15) is 0 Å². The Bertz CT molecular complexity index is 284. The molecule has 0 aromatic rings. The second-order valence-corrected chi connectivity index (χ2v) is 5.28. The summed E-state index contributed by atoms with van der Waals surface area (Å²) in [5, 5.41) is 3.30. The molecule has 1 aliphatic rings. The summed E-state index contributed by atoms with van der Waals surface area (Å²) >= 11 is 1.76. The first-order valence-electron chi connectivity index (χ1n) is 6.23. The van der Waals surface area contributed by atoms with Gasteiger partial charge in [-0.15, -0.1) is 0 Å². The van der Waals surface area contributed by atoms with Crippen LogP contribution in [0.4, 0.5) is 0 Å². The first-order chi connectivity index (χ1) is 8.13. The number of hydrogen-bond donors (Lipinski definition) is 1. The minimum atomic E-state index is -0.300. The molecule has 98 valence electrons. The zero-order chi connectivity index (χ0) is 12.8. The Kier molecular flexibility index (Phi) is 5.98. The minimum absolute atomic E-state index is 0.0339. The van der Waals surface area contributed by atoms with Gasteiger partial charge in [0.15, 0.2) is 0 Å². The molecule has 0 aromatic carbocycles. The van der Waals surface area contributed by atoms with E-state index in [1.165, 1.54) is 4.90 Å². The molecule has 1 fully saturated rings. The van der Waals surface area contributed by atoms with Crippen LogP contribution in [0.25, 0.3) is 0 Å². The van der Waals surface area contributed by atoms with Crippen LogP contribution in [0.15, 0.2) is 0 Å². The van der Waals surface area contributed by atoms with Crippen molar-refractivity contribution in [2.45, 2.75) is 45.2 Å². The molecule has 0 radical (unpaired) electrons. The molecule has 1 heterocycles. The second-order valence-electron chi connectivity index (χ2n) is 4.37. The molecule has 2 atom stereocenters. The van der Waals surface area contributed by atoms with Crippen LogP contribution >= 0.6 is 11.8 Å². The Morgan fingerprint density at radius 3 is 2.71 bits per heavy atom. The lowest BCUT2D eigenvalue weighted by molar-refractivity contribution is -0.138. The van der Waals surface area contributed by atoms with Crippen molar-refractivity contribution in [2.75, 3.05) is 18.6 Å². The summed E-state index contributed by atoms with van der Waals surface area (Å²) in [7, 11) is 0. The Hall–Kier alpha value is -0.550. The van der Waals surface area contributed by atoms with Crippen LogP contribution in [0.1, 0.15) is 33.1 Å². The van der Waals surface area contributed by atoms with Crippen molar-refractivity contribution in [3.8, 4) is 0 Å². The number of nitrogens with zero attached hydrogens (tertiary/aromatic N) is 1. The van der Waals surface area contributed by atoms with Crippen LogP contribution in [-0.4, -0.2) is 47.4 Å². The SMILES string of the molecule is CCCN1C(=O)CC(NC(CC)CSC)C1=O. The molecule has 1 aliphatic heterocycles. The van der Waals surface area contributed by atoms with E-state index in [0.717, 1.165) is 18.6 Å².